The summed E-state index contributed by atoms with van der Waals surface area (Å²) in [6, 6.07) is 1.88. The summed E-state index contributed by atoms with van der Waals surface area (Å²) < 4.78 is 4.87. The molecule has 0 aliphatic heterocycles. The van der Waals surface area contributed by atoms with E-state index in [4.69, 9.17) is 15.5 Å². The smallest absolute Gasteiger partial charge is 0.141 e. The molecule has 0 bridgehead atoms. The second-order valence-electron chi connectivity index (χ2n) is 1.60. The van der Waals surface area contributed by atoms with Gasteiger partial charge in [0, 0.05) is 11.5 Å². The molecule has 0 aromatic rings. The van der Waals surface area contributed by atoms with E-state index in [9.17, 15) is 0 Å². The zero-order chi connectivity index (χ0) is 7.82. The molecule has 54 valence electrons. The van der Waals surface area contributed by atoms with Crippen LogP contribution in [0.1, 0.15) is 6.92 Å². The maximum atomic E-state index is 8.21. The lowest BCUT2D eigenvalue weighted by Gasteiger charge is -2.00. The summed E-state index contributed by atoms with van der Waals surface area (Å²) >= 11 is 0. The molecule has 1 atom stereocenters. The van der Waals surface area contributed by atoms with E-state index in [-0.39, 0.29) is 6.54 Å². The summed E-state index contributed by atoms with van der Waals surface area (Å²) in [6.07, 6.45) is -0.422. The fourth-order valence-corrected chi connectivity index (χ4v) is 0.352. The summed E-state index contributed by atoms with van der Waals surface area (Å²) in [5.74, 6) is 0. The van der Waals surface area contributed by atoms with Crippen molar-refractivity contribution in [3.05, 3.63) is 10.4 Å². The minimum absolute atomic E-state index is 0.280. The first kappa shape index (κ1) is 8.76. The molecule has 0 fully saturated rings. The molecule has 0 saturated carbocycles. The van der Waals surface area contributed by atoms with E-state index in [1.165, 1.54) is 0 Å². The van der Waals surface area contributed by atoms with Gasteiger partial charge in [-0.1, -0.05) is 5.11 Å². The van der Waals surface area contributed by atoms with Crippen LogP contribution in [0, 0.1) is 11.3 Å². The van der Waals surface area contributed by atoms with Gasteiger partial charge in [0.2, 0.25) is 0 Å². The highest BCUT2D eigenvalue weighted by Crippen LogP contribution is 1.86. The zero-order valence-corrected chi connectivity index (χ0v) is 5.69. The average molecular weight is 140 g/mol. The minimum atomic E-state index is -0.422. The van der Waals surface area contributed by atoms with Crippen LogP contribution in [0.2, 0.25) is 0 Å². The number of nitriles is 1. The van der Waals surface area contributed by atoms with Crippen molar-refractivity contribution >= 4 is 0 Å². The second kappa shape index (κ2) is 5.89. The molecule has 0 rings (SSSR count). The Morgan fingerprint density at radius 2 is 2.60 bits per heavy atom. The number of nitrogens with zero attached hydrogens (tertiary/aromatic N) is 4. The van der Waals surface area contributed by atoms with Crippen LogP contribution >= 0.6 is 0 Å². The lowest BCUT2D eigenvalue weighted by atomic mass is 10.5. The summed E-state index contributed by atoms with van der Waals surface area (Å²) in [7, 11) is 0. The first-order valence-corrected chi connectivity index (χ1v) is 2.83. The van der Waals surface area contributed by atoms with E-state index in [2.05, 4.69) is 10.0 Å². The molecule has 0 aromatic carbocycles. The van der Waals surface area contributed by atoms with Gasteiger partial charge in [-0.05, 0) is 12.5 Å². The molecule has 0 aliphatic rings. The Labute approximate surface area is 58.8 Å². The third-order valence-corrected chi connectivity index (χ3v) is 0.804. The van der Waals surface area contributed by atoms with Gasteiger partial charge in [0.05, 0.1) is 12.7 Å². The van der Waals surface area contributed by atoms with E-state index in [1.54, 1.807) is 6.92 Å². The predicted octanol–water partition coefficient (Wildman–Crippen LogP) is 1.23. The topological polar surface area (TPSA) is 81.8 Å². The maximum absolute atomic E-state index is 8.21. The minimum Gasteiger partial charge on any atom is -0.363 e. The van der Waals surface area contributed by atoms with Crippen LogP contribution in [0.15, 0.2) is 5.11 Å². The standard InChI is InChI=1S/C5H8N4O/c1-5(4-6)10-3-2-8-9-7/h5H,2-3H2,1H3. The number of ether oxygens (including phenoxy) is 1. The molecule has 0 spiro atoms. The Bertz CT molecular complexity index is 167. The molecule has 0 saturated heterocycles. The third-order valence-electron chi connectivity index (χ3n) is 0.804. The van der Waals surface area contributed by atoms with E-state index in [1.807, 2.05) is 6.07 Å². The fraction of sp³-hybridized carbons (Fsp3) is 0.800. The van der Waals surface area contributed by atoms with Crippen molar-refractivity contribution in [2.24, 2.45) is 5.11 Å². The first-order valence-electron chi connectivity index (χ1n) is 2.83. The second-order valence-corrected chi connectivity index (χ2v) is 1.60. The van der Waals surface area contributed by atoms with Crippen LogP contribution in [0.4, 0.5) is 0 Å². The summed E-state index contributed by atoms with van der Waals surface area (Å²) in [4.78, 5) is 2.52. The summed E-state index contributed by atoms with van der Waals surface area (Å²) in [6.45, 7) is 2.22. The summed E-state index contributed by atoms with van der Waals surface area (Å²) in [5.41, 5.74) is 7.83. The van der Waals surface area contributed by atoms with Gasteiger partial charge >= 0.3 is 0 Å². The van der Waals surface area contributed by atoms with E-state index < -0.39 is 6.10 Å². The maximum Gasteiger partial charge on any atom is 0.141 e. The van der Waals surface area contributed by atoms with Crippen molar-refractivity contribution in [1.29, 1.82) is 5.26 Å². The highest BCUT2D eigenvalue weighted by Gasteiger charge is 1.95. The van der Waals surface area contributed by atoms with Gasteiger partial charge in [-0.15, -0.1) is 0 Å². The van der Waals surface area contributed by atoms with Crippen molar-refractivity contribution in [3.8, 4) is 6.07 Å². The van der Waals surface area contributed by atoms with E-state index >= 15 is 0 Å². The van der Waals surface area contributed by atoms with Gasteiger partial charge in [-0.3, -0.25) is 0 Å². The number of azide groups is 1. The molecule has 0 N–H and O–H groups in total. The normalized spacial score (nSPS) is 11.2. The highest BCUT2D eigenvalue weighted by molar-refractivity contribution is 4.78. The van der Waals surface area contributed by atoms with Crippen LogP contribution in [-0.4, -0.2) is 19.3 Å². The van der Waals surface area contributed by atoms with Gasteiger partial charge in [-0.25, -0.2) is 0 Å². The Hall–Kier alpha value is -1.24. The van der Waals surface area contributed by atoms with Crippen LogP contribution < -0.4 is 0 Å². The van der Waals surface area contributed by atoms with Crippen LogP contribution in [-0.2, 0) is 4.74 Å². The molecule has 10 heavy (non-hydrogen) atoms. The van der Waals surface area contributed by atoms with Crippen molar-refractivity contribution in [2.75, 3.05) is 13.2 Å². The molecular formula is C5H8N4O. The number of rotatable bonds is 4. The molecule has 0 aliphatic carbocycles. The summed E-state index contributed by atoms with van der Waals surface area (Å²) in [5, 5.41) is 11.4. The van der Waals surface area contributed by atoms with Crippen molar-refractivity contribution in [2.45, 2.75) is 13.0 Å². The Balaban J connectivity index is 3.21. The largest absolute Gasteiger partial charge is 0.363 e. The predicted molar refractivity (Wildman–Crippen MR) is 35.0 cm³/mol. The van der Waals surface area contributed by atoms with Gasteiger partial charge in [0.25, 0.3) is 0 Å². The van der Waals surface area contributed by atoms with Gasteiger partial charge < -0.3 is 4.74 Å². The average Bonchev–Trinajstić information content (AvgIpc) is 1.98. The zero-order valence-electron chi connectivity index (χ0n) is 5.69. The quantitative estimate of drug-likeness (QED) is 0.254. The van der Waals surface area contributed by atoms with Gasteiger partial charge in [0.15, 0.2) is 0 Å². The van der Waals surface area contributed by atoms with Gasteiger partial charge in [0.1, 0.15) is 6.10 Å². The molecule has 0 heterocycles. The highest BCUT2D eigenvalue weighted by atomic mass is 16.5. The monoisotopic (exact) mass is 140 g/mol. The SMILES string of the molecule is CC(C#N)OCCN=[N+]=[N-]. The molecule has 5 heteroatoms. The number of hydrogen-bond acceptors (Lipinski definition) is 3. The van der Waals surface area contributed by atoms with Crippen molar-refractivity contribution in [1.82, 2.24) is 0 Å². The first-order chi connectivity index (χ1) is 4.81. The fourth-order valence-electron chi connectivity index (χ4n) is 0.352. The Morgan fingerprint density at radius 1 is 1.90 bits per heavy atom. The molecular weight excluding hydrogens is 132 g/mol. The van der Waals surface area contributed by atoms with E-state index in [0.717, 1.165) is 0 Å². The van der Waals surface area contributed by atoms with Crippen LogP contribution in [0.5, 0.6) is 0 Å². The van der Waals surface area contributed by atoms with Crippen LogP contribution in [0.25, 0.3) is 10.4 Å². The van der Waals surface area contributed by atoms with Crippen molar-refractivity contribution in [3.63, 3.8) is 0 Å². The van der Waals surface area contributed by atoms with Crippen molar-refractivity contribution < 1.29 is 4.74 Å². The van der Waals surface area contributed by atoms with Gasteiger partial charge in [-0.2, -0.15) is 5.26 Å². The molecule has 5 nitrogen and oxygen atoms in total. The third kappa shape index (κ3) is 4.91. The molecule has 0 aromatic heterocycles. The van der Waals surface area contributed by atoms with E-state index in [0.29, 0.717) is 6.61 Å². The number of hydrogen-bond donors (Lipinski definition) is 0. The molecule has 0 radical (unpaired) electrons. The van der Waals surface area contributed by atoms with Crippen LogP contribution in [0.3, 0.4) is 0 Å². The lowest BCUT2D eigenvalue weighted by molar-refractivity contribution is 0.109. The molecule has 0 amide bonds. The lowest BCUT2D eigenvalue weighted by Crippen LogP contribution is -2.07. The Morgan fingerprint density at radius 3 is 3.10 bits per heavy atom. The Kier molecular flexibility index (Phi) is 5.16. The molecule has 1 unspecified atom stereocenters.